The minimum Gasteiger partial charge on any atom is -0.493 e. The number of ether oxygens (including phenoxy) is 3. The molecule has 2 aromatic rings. The van der Waals surface area contributed by atoms with Crippen LogP contribution in [0.1, 0.15) is 37.9 Å². The summed E-state index contributed by atoms with van der Waals surface area (Å²) in [6.07, 6.45) is 0.804. The second-order valence-corrected chi connectivity index (χ2v) is 6.80. The zero-order valence-electron chi connectivity index (χ0n) is 17.2. The van der Waals surface area contributed by atoms with Crippen molar-refractivity contribution in [1.29, 1.82) is 0 Å². The molecule has 2 rings (SSSR count). The van der Waals surface area contributed by atoms with Crippen molar-refractivity contribution in [3.05, 3.63) is 53.6 Å². The maximum atomic E-state index is 12.2. The third-order valence-corrected chi connectivity index (χ3v) is 4.22. The van der Waals surface area contributed by atoms with Crippen molar-refractivity contribution in [3.8, 4) is 17.2 Å². The molecule has 0 aliphatic heterocycles. The fourth-order valence-electron chi connectivity index (χ4n) is 2.82. The van der Waals surface area contributed by atoms with Gasteiger partial charge in [0, 0.05) is 6.54 Å². The van der Waals surface area contributed by atoms with Crippen LogP contribution in [0.25, 0.3) is 0 Å². The Morgan fingerprint density at radius 2 is 1.75 bits per heavy atom. The van der Waals surface area contributed by atoms with Gasteiger partial charge in [0.15, 0.2) is 11.5 Å². The SMILES string of the molecule is COc1ccc(CCNC(=O)NC(C)c2cccc(OC(C)C)c2)cc1OC. The number of hydrogen-bond acceptors (Lipinski definition) is 4. The van der Waals surface area contributed by atoms with Gasteiger partial charge in [0.2, 0.25) is 0 Å². The van der Waals surface area contributed by atoms with Crippen molar-refractivity contribution < 1.29 is 19.0 Å². The van der Waals surface area contributed by atoms with Crippen molar-refractivity contribution in [3.63, 3.8) is 0 Å². The number of hydrogen-bond donors (Lipinski definition) is 2. The Kier molecular flexibility index (Phi) is 7.99. The van der Waals surface area contributed by atoms with Gasteiger partial charge < -0.3 is 24.8 Å². The molecule has 152 valence electrons. The number of carbonyl (C=O) groups excluding carboxylic acids is 1. The third kappa shape index (κ3) is 6.37. The van der Waals surface area contributed by atoms with Crippen LogP contribution in [0.3, 0.4) is 0 Å². The van der Waals surface area contributed by atoms with E-state index >= 15 is 0 Å². The average molecular weight is 386 g/mol. The topological polar surface area (TPSA) is 68.8 Å². The van der Waals surface area contributed by atoms with Gasteiger partial charge in [-0.1, -0.05) is 18.2 Å². The van der Waals surface area contributed by atoms with E-state index in [0.717, 1.165) is 16.9 Å². The molecule has 0 spiro atoms. The lowest BCUT2D eigenvalue weighted by Crippen LogP contribution is -2.38. The van der Waals surface area contributed by atoms with E-state index in [-0.39, 0.29) is 18.2 Å². The van der Waals surface area contributed by atoms with Crippen molar-refractivity contribution in [2.75, 3.05) is 20.8 Å². The van der Waals surface area contributed by atoms with Crippen LogP contribution in [0.4, 0.5) is 4.79 Å². The summed E-state index contributed by atoms with van der Waals surface area (Å²) >= 11 is 0. The molecule has 2 N–H and O–H groups in total. The predicted octanol–water partition coefficient (Wildman–Crippen LogP) is 4.09. The summed E-state index contributed by atoms with van der Waals surface area (Å²) in [5.41, 5.74) is 2.05. The Morgan fingerprint density at radius 3 is 2.43 bits per heavy atom. The molecule has 0 aromatic heterocycles. The highest BCUT2D eigenvalue weighted by Gasteiger charge is 2.11. The summed E-state index contributed by atoms with van der Waals surface area (Å²) in [6, 6.07) is 13.2. The number of carbonyl (C=O) groups is 1. The average Bonchev–Trinajstić information content (AvgIpc) is 2.67. The van der Waals surface area contributed by atoms with Crippen molar-refractivity contribution in [2.24, 2.45) is 0 Å². The molecule has 6 heteroatoms. The molecule has 0 heterocycles. The van der Waals surface area contributed by atoms with Crippen molar-refractivity contribution in [2.45, 2.75) is 39.3 Å². The smallest absolute Gasteiger partial charge is 0.315 e. The van der Waals surface area contributed by atoms with Gasteiger partial charge in [-0.3, -0.25) is 0 Å². The van der Waals surface area contributed by atoms with Gasteiger partial charge in [0.1, 0.15) is 5.75 Å². The lowest BCUT2D eigenvalue weighted by molar-refractivity contribution is 0.237. The summed E-state index contributed by atoms with van der Waals surface area (Å²) in [5, 5.41) is 5.84. The Morgan fingerprint density at radius 1 is 1.00 bits per heavy atom. The van der Waals surface area contributed by atoms with Crippen molar-refractivity contribution >= 4 is 6.03 Å². The molecule has 0 radical (unpaired) electrons. The summed E-state index contributed by atoms with van der Waals surface area (Å²) in [4.78, 5) is 12.2. The minimum absolute atomic E-state index is 0.110. The summed E-state index contributed by atoms with van der Waals surface area (Å²) < 4.78 is 16.3. The van der Waals surface area contributed by atoms with E-state index in [2.05, 4.69) is 10.6 Å². The van der Waals surface area contributed by atoms with E-state index in [1.165, 1.54) is 0 Å². The molecule has 1 unspecified atom stereocenters. The summed E-state index contributed by atoms with van der Waals surface area (Å²) in [7, 11) is 3.21. The number of amides is 2. The van der Waals surface area contributed by atoms with Crippen LogP contribution in [0, 0.1) is 0 Å². The molecule has 0 aliphatic carbocycles. The van der Waals surface area contributed by atoms with Gasteiger partial charge in [-0.25, -0.2) is 4.79 Å². The van der Waals surface area contributed by atoms with Gasteiger partial charge in [-0.15, -0.1) is 0 Å². The molecule has 2 amide bonds. The first kappa shape index (κ1) is 21.4. The highest BCUT2D eigenvalue weighted by molar-refractivity contribution is 5.74. The molecular formula is C22H30N2O4. The normalized spacial score (nSPS) is 11.6. The zero-order valence-corrected chi connectivity index (χ0v) is 17.2. The Labute approximate surface area is 167 Å². The van der Waals surface area contributed by atoms with Gasteiger partial charge in [-0.2, -0.15) is 0 Å². The third-order valence-electron chi connectivity index (χ3n) is 4.22. The zero-order chi connectivity index (χ0) is 20.5. The highest BCUT2D eigenvalue weighted by Crippen LogP contribution is 2.27. The maximum absolute atomic E-state index is 12.2. The van der Waals surface area contributed by atoms with E-state index in [1.807, 2.05) is 63.2 Å². The van der Waals surface area contributed by atoms with Crippen LogP contribution in [0.2, 0.25) is 0 Å². The predicted molar refractivity (Wildman–Crippen MR) is 110 cm³/mol. The molecule has 0 fully saturated rings. The standard InChI is InChI=1S/C22H30N2O4/c1-15(2)28-19-8-6-7-18(14-19)16(3)24-22(25)23-12-11-17-9-10-20(26-4)21(13-17)27-5/h6-10,13-16H,11-12H2,1-5H3,(H2,23,24,25). The van der Waals surface area contributed by atoms with Crippen LogP contribution < -0.4 is 24.8 Å². The maximum Gasteiger partial charge on any atom is 0.315 e. The second kappa shape index (κ2) is 10.4. The van der Waals surface area contributed by atoms with Crippen molar-refractivity contribution in [1.82, 2.24) is 10.6 Å². The number of methoxy groups -OCH3 is 2. The van der Waals surface area contributed by atoms with Gasteiger partial charge in [-0.05, 0) is 62.6 Å². The van der Waals surface area contributed by atoms with E-state index in [9.17, 15) is 4.79 Å². The fourth-order valence-corrected chi connectivity index (χ4v) is 2.82. The van der Waals surface area contributed by atoms with Gasteiger partial charge >= 0.3 is 6.03 Å². The second-order valence-electron chi connectivity index (χ2n) is 6.80. The van der Waals surface area contributed by atoms with E-state index in [0.29, 0.717) is 24.5 Å². The molecule has 0 bridgehead atoms. The quantitative estimate of drug-likeness (QED) is 0.681. The van der Waals surface area contributed by atoms with Crippen LogP contribution in [-0.2, 0) is 6.42 Å². The molecule has 0 aliphatic rings. The molecule has 6 nitrogen and oxygen atoms in total. The lowest BCUT2D eigenvalue weighted by Gasteiger charge is -2.17. The minimum atomic E-state index is -0.205. The summed E-state index contributed by atoms with van der Waals surface area (Å²) in [5.74, 6) is 2.17. The molecule has 2 aromatic carbocycles. The molecule has 28 heavy (non-hydrogen) atoms. The number of benzene rings is 2. The van der Waals surface area contributed by atoms with Crippen LogP contribution in [0.5, 0.6) is 17.2 Å². The number of urea groups is 1. The van der Waals surface area contributed by atoms with Crippen LogP contribution >= 0.6 is 0 Å². The van der Waals surface area contributed by atoms with Gasteiger partial charge in [0.05, 0.1) is 26.4 Å². The molecule has 0 saturated heterocycles. The Bertz CT molecular complexity index is 777. The number of rotatable bonds is 9. The van der Waals surface area contributed by atoms with Gasteiger partial charge in [0.25, 0.3) is 0 Å². The Balaban J connectivity index is 1.84. The van der Waals surface area contributed by atoms with E-state index in [4.69, 9.17) is 14.2 Å². The number of nitrogens with one attached hydrogen (secondary N) is 2. The summed E-state index contributed by atoms with van der Waals surface area (Å²) in [6.45, 7) is 6.44. The van der Waals surface area contributed by atoms with E-state index in [1.54, 1.807) is 14.2 Å². The first-order chi connectivity index (χ1) is 13.4. The first-order valence-corrected chi connectivity index (χ1v) is 9.44. The van der Waals surface area contributed by atoms with E-state index < -0.39 is 0 Å². The highest BCUT2D eigenvalue weighted by atomic mass is 16.5. The van der Waals surface area contributed by atoms with Crippen LogP contribution in [0.15, 0.2) is 42.5 Å². The Hall–Kier alpha value is -2.89. The van der Waals surface area contributed by atoms with Crippen LogP contribution in [-0.4, -0.2) is 32.9 Å². The largest absolute Gasteiger partial charge is 0.493 e. The molecule has 1 atom stereocenters. The molecular weight excluding hydrogens is 356 g/mol. The fraction of sp³-hybridized carbons (Fsp3) is 0.409. The molecule has 0 saturated carbocycles. The monoisotopic (exact) mass is 386 g/mol. The lowest BCUT2D eigenvalue weighted by atomic mass is 10.1. The first-order valence-electron chi connectivity index (χ1n) is 9.44.